The Hall–Kier alpha value is -1.76. The van der Waals surface area contributed by atoms with Crippen molar-refractivity contribution in [2.45, 2.75) is 71.0 Å². The van der Waals surface area contributed by atoms with Gasteiger partial charge in [-0.3, -0.25) is 0 Å². The van der Waals surface area contributed by atoms with Crippen LogP contribution in [0.2, 0.25) is 0 Å². The minimum atomic E-state index is -0.210. The SMILES string of the molecule is CCC(C)(C)n1cc(F)c2ccsc2/c1=[SH]\c1cc2cc(C)ccc2c(=S)n1C(C)(C)C. The number of halogens is 1. The topological polar surface area (TPSA) is 9.86 Å². The smallest absolute Gasteiger partial charge is 0.148 e. The average molecular weight is 487 g/mol. The molecule has 1 aromatic carbocycles. The van der Waals surface area contributed by atoms with Crippen molar-refractivity contribution in [3.63, 3.8) is 0 Å². The number of thiol groups is 1. The van der Waals surface area contributed by atoms with Gasteiger partial charge in [0.1, 0.15) is 10.5 Å². The van der Waals surface area contributed by atoms with Gasteiger partial charge in [-0.15, -0.1) is 22.7 Å². The van der Waals surface area contributed by atoms with E-state index in [0.29, 0.717) is 5.39 Å². The number of benzene rings is 1. The van der Waals surface area contributed by atoms with Crippen LogP contribution >= 0.6 is 34.9 Å². The fourth-order valence-electron chi connectivity index (χ4n) is 4.02. The summed E-state index contributed by atoms with van der Waals surface area (Å²) in [5.41, 5.74) is 0.823. The number of pyridine rings is 2. The molecule has 32 heavy (non-hydrogen) atoms. The highest BCUT2D eigenvalue weighted by Gasteiger charge is 2.22. The first-order valence-corrected chi connectivity index (χ1v) is 13.1. The Balaban J connectivity index is 2.21. The van der Waals surface area contributed by atoms with Gasteiger partial charge in [0.15, 0.2) is 0 Å². The largest absolute Gasteiger partial charge is 0.334 e. The number of rotatable bonds is 3. The summed E-state index contributed by atoms with van der Waals surface area (Å²) in [7, 11) is 0. The van der Waals surface area contributed by atoms with Gasteiger partial charge in [0.05, 0.1) is 14.4 Å². The molecular formula is C26H31FN2S3. The maximum absolute atomic E-state index is 15.0. The number of hydrogen-bond acceptors (Lipinski definition) is 2. The van der Waals surface area contributed by atoms with Gasteiger partial charge in [-0.2, -0.15) is 0 Å². The first kappa shape index (κ1) is 23.4. The van der Waals surface area contributed by atoms with Gasteiger partial charge in [0.25, 0.3) is 0 Å². The third kappa shape index (κ3) is 4.02. The fourth-order valence-corrected chi connectivity index (χ4v) is 7.36. The molecule has 2 nitrogen and oxygen atoms in total. The van der Waals surface area contributed by atoms with Crippen molar-refractivity contribution in [3.8, 4) is 0 Å². The Morgan fingerprint density at radius 2 is 1.78 bits per heavy atom. The summed E-state index contributed by atoms with van der Waals surface area (Å²) >= 11 is 8.64. The number of fused-ring (bicyclic) bond motifs is 2. The molecule has 0 aliphatic heterocycles. The van der Waals surface area contributed by atoms with Crippen molar-refractivity contribution in [1.82, 2.24) is 9.13 Å². The van der Waals surface area contributed by atoms with Gasteiger partial charge in [0, 0.05) is 28.0 Å². The maximum atomic E-state index is 15.0. The van der Waals surface area contributed by atoms with Crippen LogP contribution in [0.5, 0.6) is 0 Å². The van der Waals surface area contributed by atoms with Crippen LogP contribution in [0.25, 0.3) is 20.9 Å². The predicted octanol–water partition coefficient (Wildman–Crippen LogP) is 8.79. The molecule has 170 valence electrons. The molecule has 0 fully saturated rings. The lowest BCUT2D eigenvalue weighted by molar-refractivity contribution is 0.333. The van der Waals surface area contributed by atoms with Crippen LogP contribution in [0.3, 0.4) is 0 Å². The fraction of sp³-hybridized carbons (Fsp3) is 0.385. The number of thiophene rings is 1. The van der Waals surface area contributed by atoms with Crippen molar-refractivity contribution in [1.29, 1.82) is 0 Å². The summed E-state index contributed by atoms with van der Waals surface area (Å²) < 4.78 is 22.4. The highest BCUT2D eigenvalue weighted by atomic mass is 32.1. The quantitative estimate of drug-likeness (QED) is 0.225. The lowest BCUT2D eigenvalue weighted by atomic mass is 10.0. The Morgan fingerprint density at radius 3 is 2.44 bits per heavy atom. The van der Waals surface area contributed by atoms with Crippen LogP contribution in [-0.2, 0) is 11.1 Å². The number of aromatic nitrogens is 2. The Bertz CT molecular complexity index is 1460. The molecule has 3 heterocycles. The van der Waals surface area contributed by atoms with E-state index in [1.807, 2.05) is 11.4 Å². The predicted molar refractivity (Wildman–Crippen MR) is 142 cm³/mol. The lowest BCUT2D eigenvalue weighted by Crippen LogP contribution is -2.27. The minimum absolute atomic E-state index is 0.163. The summed E-state index contributed by atoms with van der Waals surface area (Å²) in [6.07, 6.45) is 2.58. The molecule has 0 N–H and O–H groups in total. The molecule has 0 saturated carbocycles. The summed E-state index contributed by atoms with van der Waals surface area (Å²) in [5, 5.41) is 6.06. The van der Waals surface area contributed by atoms with Crippen molar-refractivity contribution in [2.75, 3.05) is 0 Å². The molecule has 0 radical (unpaired) electrons. The second kappa shape index (κ2) is 8.23. The van der Waals surface area contributed by atoms with Crippen LogP contribution in [0, 0.1) is 22.0 Å². The Kier molecular flexibility index (Phi) is 6.02. The zero-order valence-corrected chi connectivity index (χ0v) is 22.3. The van der Waals surface area contributed by atoms with Crippen molar-refractivity contribution < 1.29 is 4.39 Å². The van der Waals surface area contributed by atoms with Gasteiger partial charge < -0.3 is 9.13 Å². The minimum Gasteiger partial charge on any atom is -0.334 e. The third-order valence-electron chi connectivity index (χ3n) is 6.16. The van der Waals surface area contributed by atoms with E-state index in [1.54, 1.807) is 17.5 Å². The average Bonchev–Trinajstić information content (AvgIpc) is 3.19. The highest BCUT2D eigenvalue weighted by molar-refractivity contribution is 7.91. The van der Waals surface area contributed by atoms with Crippen LogP contribution in [0.4, 0.5) is 4.39 Å². The van der Waals surface area contributed by atoms with E-state index < -0.39 is 0 Å². The summed E-state index contributed by atoms with van der Waals surface area (Å²) in [6, 6.07) is 10.6. The van der Waals surface area contributed by atoms with Gasteiger partial charge in [-0.05, 0) is 70.9 Å². The molecule has 0 bridgehead atoms. The molecule has 4 rings (SSSR count). The number of hydrogen-bond donors (Lipinski definition) is 1. The van der Waals surface area contributed by atoms with Gasteiger partial charge in [-0.25, -0.2) is 4.39 Å². The summed E-state index contributed by atoms with van der Waals surface area (Å²) in [4.78, 5) is 0. The maximum Gasteiger partial charge on any atom is 0.148 e. The summed E-state index contributed by atoms with van der Waals surface area (Å²) in [5.74, 6) is -0.163. The van der Waals surface area contributed by atoms with Gasteiger partial charge in [0.2, 0.25) is 0 Å². The second-order valence-corrected chi connectivity index (χ2v) is 12.4. The van der Waals surface area contributed by atoms with E-state index in [0.717, 1.165) is 47.6 Å². The van der Waals surface area contributed by atoms with E-state index in [1.165, 1.54) is 5.56 Å². The zero-order chi connectivity index (χ0) is 23.4. The second-order valence-electron chi connectivity index (χ2n) is 10.0. The first-order valence-electron chi connectivity index (χ1n) is 10.9. The van der Waals surface area contributed by atoms with Gasteiger partial charge >= 0.3 is 0 Å². The van der Waals surface area contributed by atoms with Crippen molar-refractivity contribution in [2.24, 2.45) is 0 Å². The molecule has 6 heteroatoms. The van der Waals surface area contributed by atoms with Crippen molar-refractivity contribution >= 4 is 55.8 Å². The molecule has 0 amide bonds. The van der Waals surface area contributed by atoms with Crippen LogP contribution in [-0.4, -0.2) is 9.13 Å². The van der Waals surface area contributed by atoms with Crippen molar-refractivity contribution in [3.05, 3.63) is 62.6 Å². The van der Waals surface area contributed by atoms with Crippen LogP contribution < -0.4 is 0 Å². The summed E-state index contributed by atoms with van der Waals surface area (Å²) in [6.45, 7) is 15.2. The van der Waals surface area contributed by atoms with E-state index in [2.05, 4.69) is 81.9 Å². The molecule has 0 saturated heterocycles. The third-order valence-corrected chi connectivity index (χ3v) is 8.84. The van der Waals surface area contributed by atoms with Crippen LogP contribution in [0.1, 0.15) is 53.5 Å². The first-order chi connectivity index (χ1) is 14.9. The molecular weight excluding hydrogens is 455 g/mol. The van der Waals surface area contributed by atoms with E-state index in [-0.39, 0.29) is 16.9 Å². The molecule has 4 aromatic rings. The number of aryl methyl sites for hydroxylation is 1. The van der Waals surface area contributed by atoms with E-state index in [9.17, 15) is 0 Å². The Morgan fingerprint density at radius 1 is 1.06 bits per heavy atom. The lowest BCUT2D eigenvalue weighted by Gasteiger charge is -2.30. The molecule has 0 unspecified atom stereocenters. The molecule has 3 aromatic heterocycles. The van der Waals surface area contributed by atoms with E-state index >= 15 is 4.39 Å². The molecule has 0 aliphatic rings. The molecule has 0 atom stereocenters. The molecule has 0 aliphatic carbocycles. The van der Waals surface area contributed by atoms with E-state index in [4.69, 9.17) is 12.2 Å². The normalized spacial score (nSPS) is 13.7. The standard InChI is InChI=1S/C26H31FN2S3/c1-8-26(6,7)28-15-20(27)19-11-12-31-22(19)24(28)32-21-14-17-13-16(2)9-10-18(17)23(30)29(21)25(3,4)5/h9-15,32H,8H2,1-7H3. The molecule has 0 spiro atoms. The van der Waals surface area contributed by atoms with Crippen LogP contribution in [0.15, 0.2) is 46.9 Å². The number of nitrogens with zero attached hydrogens (tertiary/aromatic N) is 2. The monoisotopic (exact) mass is 486 g/mol. The van der Waals surface area contributed by atoms with Gasteiger partial charge in [-0.1, -0.05) is 42.9 Å². The highest BCUT2D eigenvalue weighted by Crippen LogP contribution is 2.35. The Labute approximate surface area is 202 Å². The zero-order valence-electron chi connectivity index (χ0n) is 19.8.